The number of benzene rings is 1. The summed E-state index contributed by atoms with van der Waals surface area (Å²) < 4.78 is 0. The van der Waals surface area contributed by atoms with E-state index in [9.17, 15) is 9.90 Å². The molecule has 1 atom stereocenters. The second kappa shape index (κ2) is 5.23. The number of carbonyl (C=O) groups is 1. The van der Waals surface area contributed by atoms with Gasteiger partial charge in [0, 0.05) is 5.56 Å². The molecule has 0 spiro atoms. The lowest BCUT2D eigenvalue weighted by Crippen LogP contribution is -2.26. The number of amides is 1. The largest absolute Gasteiger partial charge is 0.508 e. The minimum Gasteiger partial charge on any atom is -0.508 e. The molecule has 0 fully saturated rings. The minimum absolute atomic E-state index is 0.0159. The number of aryl methyl sites for hydroxylation is 1. The molecule has 18 heavy (non-hydrogen) atoms. The van der Waals surface area contributed by atoms with Crippen LogP contribution in [0.15, 0.2) is 35.0 Å². The second-order valence-electron chi connectivity index (χ2n) is 4.25. The first-order valence-corrected chi connectivity index (χ1v) is 6.65. The zero-order valence-corrected chi connectivity index (χ0v) is 11.1. The van der Waals surface area contributed by atoms with Crippen LogP contribution >= 0.6 is 11.3 Å². The van der Waals surface area contributed by atoms with Crippen LogP contribution in [0, 0.1) is 6.92 Å². The van der Waals surface area contributed by atoms with Crippen molar-refractivity contribution in [3.8, 4) is 5.75 Å². The van der Waals surface area contributed by atoms with E-state index < -0.39 is 0 Å². The highest BCUT2D eigenvalue weighted by Gasteiger charge is 2.12. The molecular formula is C14H15NO2S. The summed E-state index contributed by atoms with van der Waals surface area (Å²) in [7, 11) is 0. The third-order valence-corrected chi connectivity index (χ3v) is 3.55. The van der Waals surface area contributed by atoms with Crippen molar-refractivity contribution in [3.05, 3.63) is 51.7 Å². The summed E-state index contributed by atoms with van der Waals surface area (Å²) in [5.74, 6) is 0.0780. The Labute approximate surface area is 110 Å². The quantitative estimate of drug-likeness (QED) is 0.891. The molecule has 4 heteroatoms. The van der Waals surface area contributed by atoms with Gasteiger partial charge in [-0.2, -0.15) is 11.3 Å². The molecule has 0 aliphatic heterocycles. The van der Waals surface area contributed by atoms with E-state index in [1.165, 1.54) is 0 Å². The van der Waals surface area contributed by atoms with Crippen LogP contribution in [0.25, 0.3) is 0 Å². The summed E-state index contributed by atoms with van der Waals surface area (Å²) in [6.07, 6.45) is 0. The van der Waals surface area contributed by atoms with Crippen LogP contribution < -0.4 is 5.32 Å². The molecule has 2 rings (SSSR count). The smallest absolute Gasteiger partial charge is 0.251 e. The number of phenolic OH excluding ortho intramolecular Hbond substituents is 1. The van der Waals surface area contributed by atoms with Crippen LogP contribution in [-0.4, -0.2) is 11.0 Å². The molecule has 1 unspecified atom stereocenters. The fourth-order valence-corrected chi connectivity index (χ4v) is 2.44. The molecule has 1 aromatic carbocycles. The van der Waals surface area contributed by atoms with Gasteiger partial charge in [0.15, 0.2) is 0 Å². The summed E-state index contributed by atoms with van der Waals surface area (Å²) in [5, 5.41) is 16.4. The molecule has 3 nitrogen and oxygen atoms in total. The summed E-state index contributed by atoms with van der Waals surface area (Å²) >= 11 is 1.61. The van der Waals surface area contributed by atoms with E-state index in [4.69, 9.17) is 0 Å². The van der Waals surface area contributed by atoms with E-state index in [-0.39, 0.29) is 17.7 Å². The molecule has 0 saturated carbocycles. The molecule has 0 radical (unpaired) electrons. The van der Waals surface area contributed by atoms with Crippen LogP contribution in [-0.2, 0) is 0 Å². The summed E-state index contributed by atoms with van der Waals surface area (Å²) in [6, 6.07) is 6.83. The van der Waals surface area contributed by atoms with Crippen molar-refractivity contribution >= 4 is 17.2 Å². The molecule has 2 N–H and O–H groups in total. The molecule has 2 aromatic rings. The molecule has 1 heterocycles. The molecule has 1 amide bonds. The Morgan fingerprint density at radius 1 is 1.39 bits per heavy atom. The molecule has 1 aromatic heterocycles. The third-order valence-electron chi connectivity index (χ3n) is 2.85. The SMILES string of the molecule is Cc1cc(C(=O)NC(C)c2ccsc2)ccc1O. The molecule has 94 valence electrons. The van der Waals surface area contributed by atoms with Crippen molar-refractivity contribution in [3.63, 3.8) is 0 Å². The Hall–Kier alpha value is -1.81. The van der Waals surface area contributed by atoms with Crippen molar-refractivity contribution in [1.29, 1.82) is 0 Å². The Kier molecular flexibility index (Phi) is 3.67. The predicted molar refractivity (Wildman–Crippen MR) is 73.0 cm³/mol. The van der Waals surface area contributed by atoms with Gasteiger partial charge in [0.1, 0.15) is 5.75 Å². The van der Waals surface area contributed by atoms with E-state index >= 15 is 0 Å². The predicted octanol–water partition coefficient (Wildman–Crippen LogP) is 3.25. The maximum absolute atomic E-state index is 12.0. The van der Waals surface area contributed by atoms with Crippen LogP contribution in [0.4, 0.5) is 0 Å². The number of hydrogen-bond acceptors (Lipinski definition) is 3. The number of nitrogens with one attached hydrogen (secondary N) is 1. The van der Waals surface area contributed by atoms with Gasteiger partial charge < -0.3 is 10.4 Å². The standard InChI is InChI=1S/C14H15NO2S/c1-9-7-11(3-4-13(9)16)14(17)15-10(2)12-5-6-18-8-12/h3-8,10,16H,1-2H3,(H,15,17). The van der Waals surface area contributed by atoms with Crippen molar-refractivity contribution in [2.24, 2.45) is 0 Å². The van der Waals surface area contributed by atoms with Gasteiger partial charge >= 0.3 is 0 Å². The summed E-state index contributed by atoms with van der Waals surface area (Å²) in [6.45, 7) is 3.72. The molecular weight excluding hydrogens is 246 g/mol. The lowest BCUT2D eigenvalue weighted by molar-refractivity contribution is 0.0940. The first-order chi connectivity index (χ1) is 8.58. The highest BCUT2D eigenvalue weighted by Crippen LogP contribution is 2.19. The van der Waals surface area contributed by atoms with Crippen LogP contribution in [0.1, 0.15) is 34.5 Å². The van der Waals surface area contributed by atoms with Crippen molar-refractivity contribution in [2.45, 2.75) is 19.9 Å². The van der Waals surface area contributed by atoms with Gasteiger partial charge in [0.2, 0.25) is 0 Å². The Morgan fingerprint density at radius 3 is 2.78 bits per heavy atom. The van der Waals surface area contributed by atoms with Crippen LogP contribution in [0.2, 0.25) is 0 Å². The van der Waals surface area contributed by atoms with E-state index in [0.717, 1.165) is 5.56 Å². The second-order valence-corrected chi connectivity index (χ2v) is 5.03. The van der Waals surface area contributed by atoms with Gasteiger partial charge in [-0.3, -0.25) is 4.79 Å². The maximum Gasteiger partial charge on any atom is 0.251 e. The van der Waals surface area contributed by atoms with Crippen molar-refractivity contribution in [2.75, 3.05) is 0 Å². The van der Waals surface area contributed by atoms with Gasteiger partial charge in [0.05, 0.1) is 6.04 Å². The maximum atomic E-state index is 12.0. The van der Waals surface area contributed by atoms with E-state index in [2.05, 4.69) is 5.32 Å². The lowest BCUT2D eigenvalue weighted by atomic mass is 10.1. The average Bonchev–Trinajstić information content (AvgIpc) is 2.86. The van der Waals surface area contributed by atoms with Crippen LogP contribution in [0.5, 0.6) is 5.75 Å². The topological polar surface area (TPSA) is 49.3 Å². The number of carbonyl (C=O) groups excluding carboxylic acids is 1. The number of phenols is 1. The number of aromatic hydroxyl groups is 1. The zero-order valence-electron chi connectivity index (χ0n) is 10.3. The van der Waals surface area contributed by atoms with E-state index in [1.54, 1.807) is 36.5 Å². The fraction of sp³-hybridized carbons (Fsp3) is 0.214. The molecule has 0 saturated heterocycles. The zero-order chi connectivity index (χ0) is 13.1. The Morgan fingerprint density at radius 2 is 2.17 bits per heavy atom. The van der Waals surface area contributed by atoms with Crippen LogP contribution in [0.3, 0.4) is 0 Å². The first kappa shape index (κ1) is 12.6. The average molecular weight is 261 g/mol. The highest BCUT2D eigenvalue weighted by molar-refractivity contribution is 7.07. The normalized spacial score (nSPS) is 12.1. The monoisotopic (exact) mass is 261 g/mol. The van der Waals surface area contributed by atoms with E-state index in [0.29, 0.717) is 11.1 Å². The number of thiophene rings is 1. The first-order valence-electron chi connectivity index (χ1n) is 5.70. The third kappa shape index (κ3) is 2.71. The highest BCUT2D eigenvalue weighted by atomic mass is 32.1. The van der Waals surface area contributed by atoms with Crippen molar-refractivity contribution in [1.82, 2.24) is 5.32 Å². The summed E-state index contributed by atoms with van der Waals surface area (Å²) in [4.78, 5) is 12.0. The van der Waals surface area contributed by atoms with Gasteiger partial charge in [-0.25, -0.2) is 0 Å². The number of rotatable bonds is 3. The minimum atomic E-state index is -0.128. The van der Waals surface area contributed by atoms with Gasteiger partial charge in [0.25, 0.3) is 5.91 Å². The van der Waals surface area contributed by atoms with E-state index in [1.807, 2.05) is 23.8 Å². The van der Waals surface area contributed by atoms with Gasteiger partial charge in [-0.15, -0.1) is 0 Å². The Balaban J connectivity index is 2.10. The summed E-state index contributed by atoms with van der Waals surface area (Å²) in [5.41, 5.74) is 2.36. The lowest BCUT2D eigenvalue weighted by Gasteiger charge is -2.13. The van der Waals surface area contributed by atoms with Gasteiger partial charge in [-0.05, 0) is 60.0 Å². The Bertz CT molecular complexity index is 549. The molecule has 0 bridgehead atoms. The van der Waals surface area contributed by atoms with Crippen molar-refractivity contribution < 1.29 is 9.90 Å². The molecule has 0 aliphatic rings. The number of hydrogen-bond donors (Lipinski definition) is 2. The molecule has 0 aliphatic carbocycles. The van der Waals surface area contributed by atoms with Gasteiger partial charge in [-0.1, -0.05) is 0 Å². The fourth-order valence-electron chi connectivity index (χ4n) is 1.68.